The smallest absolute Gasteiger partial charge is 0.0589 e. The average Bonchev–Trinajstić information content (AvgIpc) is 2.42. The van der Waals surface area contributed by atoms with E-state index in [0.717, 1.165) is 39.2 Å². The summed E-state index contributed by atoms with van der Waals surface area (Å²) in [6.45, 7) is 7.09. The predicted octanol–water partition coefficient (Wildman–Crippen LogP) is 1.92. The number of methoxy groups -OCH3 is 1. The van der Waals surface area contributed by atoms with Gasteiger partial charge in [0, 0.05) is 20.2 Å². The summed E-state index contributed by atoms with van der Waals surface area (Å²) in [5, 5.41) is 3.17. The van der Waals surface area contributed by atoms with Crippen molar-refractivity contribution in [2.45, 2.75) is 19.9 Å². The third kappa shape index (κ3) is 5.63. The molecule has 0 aromatic heterocycles. The van der Waals surface area contributed by atoms with E-state index in [2.05, 4.69) is 41.4 Å². The topological polar surface area (TPSA) is 24.5 Å². The second-order valence-electron chi connectivity index (χ2n) is 4.53. The highest BCUT2D eigenvalue weighted by Crippen LogP contribution is 2.08. The number of nitrogens with zero attached hydrogens (tertiary/aromatic N) is 1. The van der Waals surface area contributed by atoms with Crippen molar-refractivity contribution in [1.29, 1.82) is 0 Å². The number of rotatable bonds is 9. The second-order valence-corrected chi connectivity index (χ2v) is 4.53. The van der Waals surface area contributed by atoms with Crippen LogP contribution in [0.5, 0.6) is 0 Å². The molecule has 0 radical (unpaired) electrons. The summed E-state index contributed by atoms with van der Waals surface area (Å²) in [5.41, 5.74) is 2.77. The SMILES string of the molecule is CCN(CCOC)Cc1ccc(CCNC)cc1. The molecule has 0 unspecified atom stereocenters. The summed E-state index contributed by atoms with van der Waals surface area (Å²) in [6.07, 6.45) is 1.10. The molecule has 18 heavy (non-hydrogen) atoms. The third-order valence-electron chi connectivity index (χ3n) is 3.15. The van der Waals surface area contributed by atoms with Crippen LogP contribution < -0.4 is 5.32 Å². The van der Waals surface area contributed by atoms with Gasteiger partial charge < -0.3 is 10.1 Å². The van der Waals surface area contributed by atoms with Gasteiger partial charge in [-0.15, -0.1) is 0 Å². The third-order valence-corrected chi connectivity index (χ3v) is 3.15. The number of likely N-dealkylation sites (N-methyl/N-ethyl adjacent to an activating group) is 2. The summed E-state index contributed by atoms with van der Waals surface area (Å²) >= 11 is 0. The highest BCUT2D eigenvalue weighted by molar-refractivity contribution is 5.22. The van der Waals surface area contributed by atoms with E-state index >= 15 is 0 Å². The van der Waals surface area contributed by atoms with E-state index in [1.807, 2.05) is 7.05 Å². The molecule has 0 aliphatic rings. The molecule has 1 N–H and O–H groups in total. The summed E-state index contributed by atoms with van der Waals surface area (Å²) in [7, 11) is 3.74. The summed E-state index contributed by atoms with van der Waals surface area (Å²) < 4.78 is 5.13. The molecule has 0 amide bonds. The van der Waals surface area contributed by atoms with E-state index in [9.17, 15) is 0 Å². The van der Waals surface area contributed by atoms with Gasteiger partial charge in [-0.1, -0.05) is 31.2 Å². The van der Waals surface area contributed by atoms with Gasteiger partial charge in [0.15, 0.2) is 0 Å². The molecule has 0 fully saturated rings. The zero-order chi connectivity index (χ0) is 13.2. The highest BCUT2D eigenvalue weighted by Gasteiger charge is 2.03. The maximum atomic E-state index is 5.13. The Balaban J connectivity index is 2.45. The van der Waals surface area contributed by atoms with Crippen molar-refractivity contribution in [2.75, 3.05) is 40.4 Å². The maximum Gasteiger partial charge on any atom is 0.0589 e. The van der Waals surface area contributed by atoms with Crippen LogP contribution in [0.15, 0.2) is 24.3 Å². The Hall–Kier alpha value is -0.900. The zero-order valence-corrected chi connectivity index (χ0v) is 11.9. The van der Waals surface area contributed by atoms with Crippen molar-refractivity contribution in [2.24, 2.45) is 0 Å². The van der Waals surface area contributed by atoms with Gasteiger partial charge in [-0.25, -0.2) is 0 Å². The van der Waals surface area contributed by atoms with Crippen LogP contribution in [0.1, 0.15) is 18.1 Å². The Labute approximate surface area is 111 Å². The molecular formula is C15H26N2O. The number of hydrogen-bond donors (Lipinski definition) is 1. The van der Waals surface area contributed by atoms with E-state index in [1.54, 1.807) is 7.11 Å². The molecule has 3 heteroatoms. The predicted molar refractivity (Wildman–Crippen MR) is 76.9 cm³/mol. The Kier molecular flexibility index (Phi) is 7.65. The monoisotopic (exact) mass is 250 g/mol. The zero-order valence-electron chi connectivity index (χ0n) is 11.9. The van der Waals surface area contributed by atoms with Gasteiger partial charge >= 0.3 is 0 Å². The lowest BCUT2D eigenvalue weighted by atomic mass is 10.1. The van der Waals surface area contributed by atoms with Crippen molar-refractivity contribution in [3.05, 3.63) is 35.4 Å². The molecule has 0 aliphatic heterocycles. The molecule has 0 atom stereocenters. The minimum Gasteiger partial charge on any atom is -0.383 e. The first kappa shape index (κ1) is 15.2. The number of benzene rings is 1. The van der Waals surface area contributed by atoms with Crippen molar-refractivity contribution in [1.82, 2.24) is 10.2 Å². The Morgan fingerprint density at radius 3 is 2.39 bits per heavy atom. The lowest BCUT2D eigenvalue weighted by molar-refractivity contribution is 0.147. The van der Waals surface area contributed by atoms with Crippen LogP contribution in [-0.4, -0.2) is 45.3 Å². The summed E-state index contributed by atoms with van der Waals surface area (Å²) in [5.74, 6) is 0. The number of nitrogens with one attached hydrogen (secondary N) is 1. The van der Waals surface area contributed by atoms with Crippen LogP contribution in [-0.2, 0) is 17.7 Å². The fourth-order valence-electron chi connectivity index (χ4n) is 1.91. The lowest BCUT2D eigenvalue weighted by Gasteiger charge is -2.20. The van der Waals surface area contributed by atoms with Gasteiger partial charge in [-0.05, 0) is 37.7 Å². The molecule has 0 bridgehead atoms. The van der Waals surface area contributed by atoms with Crippen LogP contribution in [0.3, 0.4) is 0 Å². The largest absolute Gasteiger partial charge is 0.383 e. The minimum absolute atomic E-state index is 0.800. The first-order valence-electron chi connectivity index (χ1n) is 6.73. The molecule has 0 saturated heterocycles. The fourth-order valence-corrected chi connectivity index (χ4v) is 1.91. The van der Waals surface area contributed by atoms with Crippen molar-refractivity contribution < 1.29 is 4.74 Å². The molecule has 0 spiro atoms. The first-order chi connectivity index (χ1) is 8.80. The molecule has 1 rings (SSSR count). The van der Waals surface area contributed by atoms with Crippen LogP contribution in [0.4, 0.5) is 0 Å². The van der Waals surface area contributed by atoms with Crippen molar-refractivity contribution >= 4 is 0 Å². The molecule has 3 nitrogen and oxygen atoms in total. The first-order valence-corrected chi connectivity index (χ1v) is 6.73. The van der Waals surface area contributed by atoms with E-state index in [0.29, 0.717) is 0 Å². The number of hydrogen-bond acceptors (Lipinski definition) is 3. The fraction of sp³-hybridized carbons (Fsp3) is 0.600. The Morgan fingerprint density at radius 1 is 1.17 bits per heavy atom. The van der Waals surface area contributed by atoms with Crippen LogP contribution >= 0.6 is 0 Å². The van der Waals surface area contributed by atoms with Gasteiger partial charge in [0.25, 0.3) is 0 Å². The van der Waals surface area contributed by atoms with Gasteiger partial charge in [0.05, 0.1) is 6.61 Å². The second kappa shape index (κ2) is 9.09. The van der Waals surface area contributed by atoms with Crippen molar-refractivity contribution in [3.63, 3.8) is 0 Å². The van der Waals surface area contributed by atoms with Gasteiger partial charge in [-0.3, -0.25) is 4.90 Å². The van der Waals surface area contributed by atoms with E-state index in [-0.39, 0.29) is 0 Å². The van der Waals surface area contributed by atoms with E-state index in [4.69, 9.17) is 4.74 Å². The highest BCUT2D eigenvalue weighted by atomic mass is 16.5. The molecule has 1 aromatic rings. The molecule has 0 saturated carbocycles. The lowest BCUT2D eigenvalue weighted by Crippen LogP contribution is -2.26. The normalized spacial score (nSPS) is 11.1. The van der Waals surface area contributed by atoms with Crippen LogP contribution in [0.25, 0.3) is 0 Å². The summed E-state index contributed by atoms with van der Waals surface area (Å²) in [6, 6.07) is 8.94. The van der Waals surface area contributed by atoms with Gasteiger partial charge in [-0.2, -0.15) is 0 Å². The van der Waals surface area contributed by atoms with Crippen LogP contribution in [0.2, 0.25) is 0 Å². The molecule has 102 valence electrons. The molecule has 0 heterocycles. The minimum atomic E-state index is 0.800. The Bertz CT molecular complexity index is 311. The maximum absolute atomic E-state index is 5.13. The molecule has 0 aliphatic carbocycles. The Morgan fingerprint density at radius 2 is 1.83 bits per heavy atom. The van der Waals surface area contributed by atoms with Crippen LogP contribution in [0, 0.1) is 0 Å². The standard InChI is InChI=1S/C15H26N2O/c1-4-17(11-12-18-3)13-15-7-5-14(6-8-15)9-10-16-2/h5-8,16H,4,9-13H2,1-3H3. The van der Waals surface area contributed by atoms with E-state index < -0.39 is 0 Å². The van der Waals surface area contributed by atoms with E-state index in [1.165, 1.54) is 11.1 Å². The van der Waals surface area contributed by atoms with Crippen molar-refractivity contribution in [3.8, 4) is 0 Å². The summed E-state index contributed by atoms with van der Waals surface area (Å²) in [4.78, 5) is 2.39. The van der Waals surface area contributed by atoms with Gasteiger partial charge in [0.2, 0.25) is 0 Å². The molecular weight excluding hydrogens is 224 g/mol. The van der Waals surface area contributed by atoms with Gasteiger partial charge in [0.1, 0.15) is 0 Å². The average molecular weight is 250 g/mol. The molecule has 1 aromatic carbocycles. The number of ether oxygens (including phenoxy) is 1. The quantitative estimate of drug-likeness (QED) is 0.724.